The quantitative estimate of drug-likeness (QED) is 0.720. The fraction of sp³-hybridized carbons (Fsp3) is 0.300. The van der Waals surface area contributed by atoms with Crippen LogP contribution >= 0.6 is 11.3 Å². The average molecular weight is 383 g/mol. The van der Waals surface area contributed by atoms with E-state index in [1.165, 1.54) is 23.3 Å². The molecule has 3 heterocycles. The van der Waals surface area contributed by atoms with Crippen LogP contribution in [0, 0.1) is 0 Å². The number of rotatable bonds is 5. The molecular formula is C20H21N3O3S. The number of morpholine rings is 1. The molecule has 0 saturated carbocycles. The molecule has 1 N–H and O–H groups in total. The van der Waals surface area contributed by atoms with Gasteiger partial charge in [-0.2, -0.15) is 0 Å². The van der Waals surface area contributed by atoms with Crippen LogP contribution in [-0.2, 0) is 4.74 Å². The highest BCUT2D eigenvalue weighted by atomic mass is 32.1. The van der Waals surface area contributed by atoms with Gasteiger partial charge < -0.3 is 14.5 Å². The van der Waals surface area contributed by atoms with Crippen LogP contribution in [-0.4, -0.2) is 42.1 Å². The largest absolute Gasteiger partial charge is 0.442 e. The van der Waals surface area contributed by atoms with Crippen molar-refractivity contribution in [3.63, 3.8) is 0 Å². The molecule has 1 aromatic carbocycles. The number of nitrogens with zero attached hydrogens (tertiary/aromatic N) is 2. The van der Waals surface area contributed by atoms with Crippen molar-refractivity contribution in [2.45, 2.75) is 13.0 Å². The summed E-state index contributed by atoms with van der Waals surface area (Å²) in [5.74, 6) is 0.223. The normalized spacial score (nSPS) is 16.2. The highest BCUT2D eigenvalue weighted by Gasteiger charge is 2.20. The van der Waals surface area contributed by atoms with Gasteiger partial charge in [0.1, 0.15) is 0 Å². The lowest BCUT2D eigenvalue weighted by molar-refractivity contribution is 0.0198. The fourth-order valence-corrected chi connectivity index (χ4v) is 3.91. The van der Waals surface area contributed by atoms with Crippen molar-refractivity contribution in [2.24, 2.45) is 0 Å². The second-order valence-corrected chi connectivity index (χ2v) is 7.36. The Morgan fingerprint density at radius 1 is 1.22 bits per heavy atom. The Labute approximate surface area is 161 Å². The molecule has 1 unspecified atom stereocenters. The van der Waals surface area contributed by atoms with E-state index >= 15 is 0 Å². The third kappa shape index (κ3) is 3.95. The van der Waals surface area contributed by atoms with Crippen LogP contribution in [0.5, 0.6) is 0 Å². The molecule has 0 bridgehead atoms. The third-order valence-electron chi connectivity index (χ3n) is 4.77. The average Bonchev–Trinajstić information content (AvgIpc) is 3.40. The van der Waals surface area contributed by atoms with Gasteiger partial charge in [0.05, 0.1) is 18.1 Å². The van der Waals surface area contributed by atoms with Gasteiger partial charge in [0.15, 0.2) is 17.8 Å². The summed E-state index contributed by atoms with van der Waals surface area (Å²) in [4.78, 5) is 20.0. The predicted molar refractivity (Wildman–Crippen MR) is 105 cm³/mol. The first kappa shape index (κ1) is 17.9. The maximum atomic E-state index is 12.6. The molecule has 3 aromatic rings. The van der Waals surface area contributed by atoms with Crippen LogP contribution in [0.2, 0.25) is 0 Å². The van der Waals surface area contributed by atoms with Crippen LogP contribution in [0.4, 0.5) is 5.69 Å². The number of carbonyl (C=O) groups excluding carboxylic acids is 1. The van der Waals surface area contributed by atoms with Crippen LogP contribution in [0.1, 0.15) is 29.0 Å². The summed E-state index contributed by atoms with van der Waals surface area (Å²) in [5.41, 5.74) is 2.25. The molecule has 140 valence electrons. The van der Waals surface area contributed by atoms with Crippen molar-refractivity contribution in [1.82, 2.24) is 9.88 Å². The maximum absolute atomic E-state index is 12.6. The summed E-state index contributed by atoms with van der Waals surface area (Å²) < 4.78 is 10.8. The van der Waals surface area contributed by atoms with E-state index < -0.39 is 0 Å². The number of aromatic nitrogens is 1. The monoisotopic (exact) mass is 383 g/mol. The summed E-state index contributed by atoms with van der Waals surface area (Å²) in [6, 6.07) is 12.1. The minimum atomic E-state index is -0.277. The van der Waals surface area contributed by atoms with Crippen molar-refractivity contribution in [1.29, 1.82) is 0 Å². The second kappa shape index (κ2) is 8.04. The minimum Gasteiger partial charge on any atom is -0.442 e. The number of benzene rings is 1. The molecule has 4 rings (SSSR count). The van der Waals surface area contributed by atoms with Crippen molar-refractivity contribution >= 4 is 22.9 Å². The molecule has 1 saturated heterocycles. The topological polar surface area (TPSA) is 67.6 Å². The van der Waals surface area contributed by atoms with Gasteiger partial charge in [-0.25, -0.2) is 4.98 Å². The molecule has 1 aliphatic heterocycles. The molecule has 0 radical (unpaired) electrons. The van der Waals surface area contributed by atoms with E-state index in [2.05, 4.69) is 34.3 Å². The first-order chi connectivity index (χ1) is 13.2. The minimum absolute atomic E-state index is 0.277. The SMILES string of the molecule is CC(c1ccc(NC(=O)c2ncoc2-c2cccs2)cc1)N1CCOCC1. The number of nitrogens with one attached hydrogen (secondary N) is 1. The van der Waals surface area contributed by atoms with Gasteiger partial charge in [0, 0.05) is 24.8 Å². The van der Waals surface area contributed by atoms with E-state index in [-0.39, 0.29) is 5.91 Å². The van der Waals surface area contributed by atoms with Crippen molar-refractivity contribution in [3.05, 3.63) is 59.4 Å². The summed E-state index contributed by atoms with van der Waals surface area (Å²) in [5, 5.41) is 4.84. The molecule has 0 aliphatic carbocycles. The Kier molecular flexibility index (Phi) is 5.33. The lowest BCUT2D eigenvalue weighted by Gasteiger charge is -2.32. The van der Waals surface area contributed by atoms with E-state index in [1.807, 2.05) is 29.6 Å². The van der Waals surface area contributed by atoms with Crippen LogP contribution in [0.25, 0.3) is 10.6 Å². The summed E-state index contributed by atoms with van der Waals surface area (Å²) in [6.45, 7) is 5.64. The number of amides is 1. The maximum Gasteiger partial charge on any atom is 0.278 e. The second-order valence-electron chi connectivity index (χ2n) is 6.41. The smallest absolute Gasteiger partial charge is 0.278 e. The van der Waals surface area contributed by atoms with E-state index in [0.717, 1.165) is 36.9 Å². The van der Waals surface area contributed by atoms with Gasteiger partial charge in [-0.15, -0.1) is 11.3 Å². The van der Waals surface area contributed by atoms with Crippen LogP contribution < -0.4 is 5.32 Å². The van der Waals surface area contributed by atoms with Gasteiger partial charge in [-0.1, -0.05) is 18.2 Å². The highest BCUT2D eigenvalue weighted by molar-refractivity contribution is 7.13. The van der Waals surface area contributed by atoms with Crippen LogP contribution in [0.15, 0.2) is 52.6 Å². The molecule has 27 heavy (non-hydrogen) atoms. The predicted octanol–water partition coefficient (Wildman–Crippen LogP) is 4.05. The van der Waals surface area contributed by atoms with Gasteiger partial charge in [0.25, 0.3) is 5.91 Å². The zero-order valence-electron chi connectivity index (χ0n) is 15.1. The molecule has 1 atom stereocenters. The van der Waals surface area contributed by atoms with E-state index in [0.29, 0.717) is 17.5 Å². The molecule has 7 heteroatoms. The zero-order valence-corrected chi connectivity index (χ0v) is 15.9. The molecule has 2 aromatic heterocycles. The van der Waals surface area contributed by atoms with E-state index in [9.17, 15) is 4.79 Å². The van der Waals surface area contributed by atoms with Crippen LogP contribution in [0.3, 0.4) is 0 Å². The number of hydrogen-bond acceptors (Lipinski definition) is 6. The molecule has 1 amide bonds. The Hall–Kier alpha value is -2.48. The third-order valence-corrected chi connectivity index (χ3v) is 5.64. The highest BCUT2D eigenvalue weighted by Crippen LogP contribution is 2.28. The number of oxazole rings is 1. The molecular weight excluding hydrogens is 362 g/mol. The Morgan fingerprint density at radius 2 is 2.00 bits per heavy atom. The number of anilines is 1. The summed E-state index contributed by atoms with van der Waals surface area (Å²) in [6.07, 6.45) is 1.30. The van der Waals surface area contributed by atoms with Gasteiger partial charge in [0.2, 0.25) is 0 Å². The molecule has 1 aliphatic rings. The van der Waals surface area contributed by atoms with Crippen molar-refractivity contribution in [3.8, 4) is 10.6 Å². The van der Waals surface area contributed by atoms with Gasteiger partial charge in [-0.05, 0) is 36.1 Å². The number of thiophene rings is 1. The number of hydrogen-bond donors (Lipinski definition) is 1. The number of carbonyl (C=O) groups is 1. The Morgan fingerprint density at radius 3 is 2.70 bits per heavy atom. The van der Waals surface area contributed by atoms with Crippen molar-refractivity contribution < 1.29 is 13.9 Å². The zero-order chi connectivity index (χ0) is 18.6. The summed E-state index contributed by atoms with van der Waals surface area (Å²) >= 11 is 1.51. The molecule has 6 nitrogen and oxygen atoms in total. The first-order valence-corrected chi connectivity index (χ1v) is 9.81. The van der Waals surface area contributed by atoms with Gasteiger partial charge >= 0.3 is 0 Å². The molecule has 1 fully saturated rings. The lowest BCUT2D eigenvalue weighted by Crippen LogP contribution is -2.37. The number of ether oxygens (including phenoxy) is 1. The van der Waals surface area contributed by atoms with Crippen molar-refractivity contribution in [2.75, 3.05) is 31.6 Å². The standard InChI is InChI=1S/C20H21N3O3S/c1-14(23-8-10-25-11-9-23)15-4-6-16(7-5-15)22-20(24)18-19(26-13-21-18)17-3-2-12-27-17/h2-7,12-14H,8-11H2,1H3,(H,22,24). The first-order valence-electron chi connectivity index (χ1n) is 8.93. The van der Waals surface area contributed by atoms with Gasteiger partial charge in [-0.3, -0.25) is 9.69 Å². The fourth-order valence-electron chi connectivity index (χ4n) is 3.20. The Balaban J connectivity index is 1.44. The lowest BCUT2D eigenvalue weighted by atomic mass is 10.1. The summed E-state index contributed by atoms with van der Waals surface area (Å²) in [7, 11) is 0. The van der Waals surface area contributed by atoms with E-state index in [4.69, 9.17) is 9.15 Å². The van der Waals surface area contributed by atoms with E-state index in [1.54, 1.807) is 0 Å². The Bertz CT molecular complexity index is 884. The molecule has 0 spiro atoms.